The number of likely N-dealkylation sites (tertiary alicyclic amines) is 1. The summed E-state index contributed by atoms with van der Waals surface area (Å²) in [5, 5.41) is 4.03. The lowest BCUT2D eigenvalue weighted by atomic mass is 9.97. The Balaban J connectivity index is 1.46. The molecule has 1 N–H and O–H groups in total. The Morgan fingerprint density at radius 3 is 2.70 bits per heavy atom. The first-order valence-electron chi connectivity index (χ1n) is 9.65. The van der Waals surface area contributed by atoms with Crippen molar-refractivity contribution < 1.29 is 9.59 Å². The maximum absolute atomic E-state index is 12.5. The van der Waals surface area contributed by atoms with Gasteiger partial charge < -0.3 is 10.2 Å². The number of likely N-dealkylation sites (N-methyl/N-ethyl adjacent to an activating group) is 1. The van der Waals surface area contributed by atoms with Crippen LogP contribution in [-0.4, -0.2) is 66.4 Å². The Labute approximate surface area is 164 Å². The summed E-state index contributed by atoms with van der Waals surface area (Å²) in [6, 6.07) is 8.23. The number of amides is 2. The van der Waals surface area contributed by atoms with Crippen molar-refractivity contribution in [3.8, 4) is 0 Å². The Morgan fingerprint density at radius 2 is 2.00 bits per heavy atom. The summed E-state index contributed by atoms with van der Waals surface area (Å²) in [5.41, 5.74) is 1.07. The number of nitrogens with zero attached hydrogens (tertiary/aromatic N) is 3. The van der Waals surface area contributed by atoms with Crippen molar-refractivity contribution in [2.24, 2.45) is 0 Å². The van der Waals surface area contributed by atoms with Crippen molar-refractivity contribution in [2.75, 3.05) is 39.8 Å². The van der Waals surface area contributed by atoms with E-state index in [-0.39, 0.29) is 24.9 Å². The third kappa shape index (κ3) is 5.26. The van der Waals surface area contributed by atoms with Gasteiger partial charge in [-0.15, -0.1) is 11.3 Å². The van der Waals surface area contributed by atoms with E-state index in [1.165, 1.54) is 9.71 Å². The number of carbonyl (C=O) groups excluding carboxylic acids is 2. The minimum absolute atomic E-state index is 0.0262. The first-order chi connectivity index (χ1) is 13.1. The first kappa shape index (κ1) is 19.8. The predicted octanol–water partition coefficient (Wildman–Crippen LogP) is 2.46. The molecule has 27 heavy (non-hydrogen) atoms. The van der Waals surface area contributed by atoms with Crippen LogP contribution < -0.4 is 5.32 Å². The van der Waals surface area contributed by atoms with Crippen LogP contribution >= 0.6 is 11.3 Å². The highest BCUT2D eigenvalue weighted by molar-refractivity contribution is 7.18. The SMILES string of the molecule is CCCNC(=O)CN(C)CC(=O)N1CCC(c2nc3ccccc3s2)CC1. The van der Waals surface area contributed by atoms with Crippen LogP contribution in [0.25, 0.3) is 10.2 Å². The van der Waals surface area contributed by atoms with Gasteiger partial charge in [-0.05, 0) is 38.4 Å². The Bertz CT molecular complexity index is 750. The lowest BCUT2D eigenvalue weighted by Gasteiger charge is -2.32. The second-order valence-electron chi connectivity index (χ2n) is 7.20. The maximum Gasteiger partial charge on any atom is 0.236 e. The predicted molar refractivity (Wildman–Crippen MR) is 109 cm³/mol. The molecule has 2 amide bonds. The summed E-state index contributed by atoms with van der Waals surface area (Å²) in [6.07, 6.45) is 2.82. The normalized spacial score (nSPS) is 15.4. The number of para-hydroxylation sites is 1. The molecule has 1 aliphatic rings. The van der Waals surface area contributed by atoms with Gasteiger partial charge in [-0.1, -0.05) is 19.1 Å². The molecule has 1 fully saturated rings. The van der Waals surface area contributed by atoms with Gasteiger partial charge in [-0.25, -0.2) is 4.98 Å². The van der Waals surface area contributed by atoms with E-state index in [1.807, 2.05) is 31.0 Å². The van der Waals surface area contributed by atoms with Crippen LogP contribution in [0, 0.1) is 0 Å². The van der Waals surface area contributed by atoms with E-state index in [2.05, 4.69) is 17.4 Å². The van der Waals surface area contributed by atoms with E-state index >= 15 is 0 Å². The second kappa shape index (κ2) is 9.28. The molecule has 1 saturated heterocycles. The topological polar surface area (TPSA) is 65.5 Å². The zero-order chi connectivity index (χ0) is 19.2. The van der Waals surface area contributed by atoms with E-state index in [0.29, 0.717) is 12.5 Å². The van der Waals surface area contributed by atoms with Gasteiger partial charge in [0.15, 0.2) is 0 Å². The van der Waals surface area contributed by atoms with Gasteiger partial charge >= 0.3 is 0 Å². The number of hydrogen-bond acceptors (Lipinski definition) is 5. The van der Waals surface area contributed by atoms with Gasteiger partial charge in [-0.3, -0.25) is 14.5 Å². The van der Waals surface area contributed by atoms with Crippen LogP contribution in [0.15, 0.2) is 24.3 Å². The van der Waals surface area contributed by atoms with Gasteiger partial charge in [0.05, 0.1) is 28.3 Å². The smallest absolute Gasteiger partial charge is 0.236 e. The Morgan fingerprint density at radius 1 is 1.26 bits per heavy atom. The first-order valence-corrected chi connectivity index (χ1v) is 10.5. The number of rotatable bonds is 7. The number of aromatic nitrogens is 1. The number of carbonyl (C=O) groups is 2. The average Bonchev–Trinajstić information content (AvgIpc) is 3.10. The van der Waals surface area contributed by atoms with E-state index in [9.17, 15) is 9.59 Å². The molecule has 2 aromatic rings. The Kier molecular flexibility index (Phi) is 6.79. The van der Waals surface area contributed by atoms with Crippen molar-refractivity contribution >= 4 is 33.4 Å². The summed E-state index contributed by atoms with van der Waals surface area (Å²) in [6.45, 7) is 4.76. The average molecular weight is 389 g/mol. The van der Waals surface area contributed by atoms with Crippen LogP contribution in [0.3, 0.4) is 0 Å². The quantitative estimate of drug-likeness (QED) is 0.791. The summed E-state index contributed by atoms with van der Waals surface area (Å²) >= 11 is 1.77. The van der Waals surface area contributed by atoms with E-state index in [1.54, 1.807) is 16.2 Å². The van der Waals surface area contributed by atoms with Crippen LogP contribution in [-0.2, 0) is 9.59 Å². The number of nitrogens with one attached hydrogen (secondary N) is 1. The van der Waals surface area contributed by atoms with Crippen LogP contribution in [0.5, 0.6) is 0 Å². The molecule has 1 aromatic heterocycles. The number of hydrogen-bond donors (Lipinski definition) is 1. The molecule has 0 atom stereocenters. The molecule has 0 spiro atoms. The van der Waals surface area contributed by atoms with Crippen molar-refractivity contribution in [1.29, 1.82) is 0 Å². The summed E-state index contributed by atoms with van der Waals surface area (Å²) in [5.74, 6) is 0.509. The molecular weight excluding hydrogens is 360 g/mol. The fourth-order valence-electron chi connectivity index (χ4n) is 3.39. The molecule has 0 bridgehead atoms. The standard InChI is InChI=1S/C20H28N4O2S/c1-3-10-21-18(25)13-23(2)14-19(26)24-11-8-15(9-12-24)20-22-16-6-4-5-7-17(16)27-20/h4-7,15H,3,8-14H2,1-2H3,(H,21,25). The van der Waals surface area contributed by atoms with Crippen LogP contribution in [0.1, 0.15) is 37.1 Å². The second-order valence-corrected chi connectivity index (χ2v) is 8.26. The minimum Gasteiger partial charge on any atom is -0.355 e. The molecule has 1 aromatic carbocycles. The molecule has 0 radical (unpaired) electrons. The Hall–Kier alpha value is -1.99. The zero-order valence-electron chi connectivity index (χ0n) is 16.1. The number of fused-ring (bicyclic) bond motifs is 1. The molecule has 7 heteroatoms. The lowest BCUT2D eigenvalue weighted by Crippen LogP contribution is -2.45. The highest BCUT2D eigenvalue weighted by Crippen LogP contribution is 2.33. The highest BCUT2D eigenvalue weighted by Gasteiger charge is 2.26. The largest absolute Gasteiger partial charge is 0.355 e. The van der Waals surface area contributed by atoms with Crippen molar-refractivity contribution in [2.45, 2.75) is 32.1 Å². The third-order valence-electron chi connectivity index (χ3n) is 4.90. The number of piperidine rings is 1. The molecule has 3 rings (SSSR count). The van der Waals surface area contributed by atoms with Crippen molar-refractivity contribution in [3.05, 3.63) is 29.3 Å². The minimum atomic E-state index is -0.0262. The van der Waals surface area contributed by atoms with Crippen LogP contribution in [0.4, 0.5) is 0 Å². The van der Waals surface area contributed by atoms with Gasteiger partial charge in [0, 0.05) is 25.6 Å². The summed E-state index contributed by atoms with van der Waals surface area (Å²) < 4.78 is 1.23. The van der Waals surface area contributed by atoms with Gasteiger partial charge in [0.2, 0.25) is 11.8 Å². The van der Waals surface area contributed by atoms with Gasteiger partial charge in [-0.2, -0.15) is 0 Å². The lowest BCUT2D eigenvalue weighted by molar-refractivity contribution is -0.133. The fraction of sp³-hybridized carbons (Fsp3) is 0.550. The van der Waals surface area contributed by atoms with E-state index < -0.39 is 0 Å². The zero-order valence-corrected chi connectivity index (χ0v) is 16.9. The number of benzene rings is 1. The third-order valence-corrected chi connectivity index (χ3v) is 6.10. The number of thiazole rings is 1. The van der Waals surface area contributed by atoms with Gasteiger partial charge in [0.1, 0.15) is 0 Å². The summed E-state index contributed by atoms with van der Waals surface area (Å²) in [4.78, 5) is 32.8. The molecule has 0 unspecified atom stereocenters. The molecule has 2 heterocycles. The highest BCUT2D eigenvalue weighted by atomic mass is 32.1. The van der Waals surface area contributed by atoms with E-state index in [4.69, 9.17) is 4.98 Å². The van der Waals surface area contributed by atoms with Crippen molar-refractivity contribution in [3.63, 3.8) is 0 Å². The molecule has 1 aliphatic heterocycles. The molecule has 0 aliphatic carbocycles. The van der Waals surface area contributed by atoms with Gasteiger partial charge in [0.25, 0.3) is 0 Å². The van der Waals surface area contributed by atoms with E-state index in [0.717, 1.165) is 37.9 Å². The fourth-order valence-corrected chi connectivity index (χ4v) is 4.53. The van der Waals surface area contributed by atoms with Crippen molar-refractivity contribution in [1.82, 2.24) is 20.1 Å². The molecule has 0 saturated carbocycles. The molecular formula is C20H28N4O2S. The molecule has 6 nitrogen and oxygen atoms in total. The summed E-state index contributed by atoms with van der Waals surface area (Å²) in [7, 11) is 1.82. The monoisotopic (exact) mass is 388 g/mol. The maximum atomic E-state index is 12.5. The van der Waals surface area contributed by atoms with Crippen LogP contribution in [0.2, 0.25) is 0 Å². The molecule has 146 valence electrons.